The molecule has 0 bridgehead atoms. The summed E-state index contributed by atoms with van der Waals surface area (Å²) < 4.78 is 40.3. The second-order valence-corrected chi connectivity index (χ2v) is 11.2. The number of ether oxygens (including phenoxy) is 2. The summed E-state index contributed by atoms with van der Waals surface area (Å²) in [5, 5.41) is 13.2. The fourth-order valence-corrected chi connectivity index (χ4v) is 5.67. The number of hydrogen-bond acceptors (Lipinski definition) is 7. The summed E-state index contributed by atoms with van der Waals surface area (Å²) in [5.74, 6) is -2.31. The number of fused-ring (bicyclic) bond motifs is 2. The summed E-state index contributed by atoms with van der Waals surface area (Å²) in [6.45, 7) is -0.0487. The van der Waals surface area contributed by atoms with Crippen LogP contribution >= 0.6 is 0 Å². The van der Waals surface area contributed by atoms with Crippen molar-refractivity contribution >= 4 is 44.3 Å². The fourth-order valence-electron chi connectivity index (χ4n) is 4.45. The number of rotatable bonds is 10. The molecule has 0 saturated heterocycles. The lowest BCUT2D eigenvalue weighted by molar-refractivity contribution is -0.147. The average molecular weight is 575 g/mol. The molecule has 0 aliphatic carbocycles. The number of aliphatic carboxylic acids is 1. The number of esters is 1. The maximum atomic E-state index is 13.4. The molecule has 210 valence electrons. The van der Waals surface area contributed by atoms with Gasteiger partial charge in [0.15, 0.2) is 6.10 Å². The van der Waals surface area contributed by atoms with Crippen LogP contribution in [-0.2, 0) is 42.2 Å². The van der Waals surface area contributed by atoms with Crippen LogP contribution in [0.3, 0.4) is 0 Å². The predicted molar refractivity (Wildman–Crippen MR) is 150 cm³/mol. The van der Waals surface area contributed by atoms with Crippen molar-refractivity contribution in [1.82, 2.24) is 4.72 Å². The number of carbonyl (C=O) groups excluding carboxylic acids is 2. The normalized spacial score (nSPS) is 15.3. The van der Waals surface area contributed by atoms with E-state index in [1.807, 2.05) is 18.2 Å². The first kappa shape index (κ1) is 27.8. The molecule has 2 atom stereocenters. The molecule has 10 nitrogen and oxygen atoms in total. The van der Waals surface area contributed by atoms with Gasteiger partial charge in [0.05, 0.1) is 17.0 Å². The van der Waals surface area contributed by atoms with E-state index in [-0.39, 0.29) is 29.4 Å². The first-order chi connectivity index (χ1) is 19.7. The number of anilines is 1. The molecule has 3 N–H and O–H groups in total. The number of amides is 1. The highest BCUT2D eigenvalue weighted by molar-refractivity contribution is 7.89. The minimum Gasteiger partial charge on any atom is -0.481 e. The van der Waals surface area contributed by atoms with E-state index in [0.29, 0.717) is 5.56 Å². The highest BCUT2D eigenvalue weighted by Crippen LogP contribution is 2.32. The van der Waals surface area contributed by atoms with Crippen LogP contribution in [0, 0.1) is 0 Å². The van der Waals surface area contributed by atoms with Gasteiger partial charge in [-0.1, -0.05) is 66.7 Å². The lowest BCUT2D eigenvalue weighted by atomic mass is 10.0. The smallest absolute Gasteiger partial charge is 0.324 e. The Morgan fingerprint density at radius 3 is 2.41 bits per heavy atom. The van der Waals surface area contributed by atoms with Crippen molar-refractivity contribution in [3.05, 3.63) is 102 Å². The van der Waals surface area contributed by atoms with E-state index < -0.39 is 46.4 Å². The Kier molecular flexibility index (Phi) is 7.99. The van der Waals surface area contributed by atoms with Gasteiger partial charge in [-0.3, -0.25) is 14.4 Å². The number of sulfonamides is 1. The number of nitrogens with one attached hydrogen (secondary N) is 2. The zero-order valence-electron chi connectivity index (χ0n) is 21.6. The number of hydrogen-bond donors (Lipinski definition) is 3. The third-order valence-electron chi connectivity index (χ3n) is 6.50. The van der Waals surface area contributed by atoms with Crippen LogP contribution in [0.2, 0.25) is 0 Å². The van der Waals surface area contributed by atoms with Crippen LogP contribution in [0.4, 0.5) is 5.69 Å². The SMILES string of the molecule is O=C(O)CC1Oc2ccc(C[C@H](NS(=O)(=O)c3ccc4ccccc4c3)C(=O)OCc3ccccc3)cc2NC1=O. The Balaban J connectivity index is 1.39. The molecule has 4 aromatic carbocycles. The fraction of sp³-hybridized carbons (Fsp3) is 0.167. The van der Waals surface area contributed by atoms with Gasteiger partial charge in [-0.15, -0.1) is 0 Å². The molecular weight excluding hydrogens is 548 g/mol. The van der Waals surface area contributed by atoms with Crippen LogP contribution in [-0.4, -0.2) is 43.5 Å². The number of carbonyl (C=O) groups is 3. The summed E-state index contributed by atoms with van der Waals surface area (Å²) >= 11 is 0. The molecule has 41 heavy (non-hydrogen) atoms. The van der Waals surface area contributed by atoms with E-state index in [0.717, 1.165) is 16.3 Å². The van der Waals surface area contributed by atoms with Gasteiger partial charge in [-0.2, -0.15) is 4.72 Å². The van der Waals surface area contributed by atoms with Gasteiger partial charge in [-0.25, -0.2) is 8.42 Å². The number of carboxylic acid groups (broad SMARTS) is 1. The standard InChI is InChI=1S/C30H26N2O8S/c33-28(34)17-27-29(35)31-24-14-20(10-13-26(24)40-27)15-25(30(36)39-18-19-6-2-1-3-7-19)32-41(37,38)23-12-11-21-8-4-5-9-22(21)16-23/h1-14,16,25,27,32H,15,17-18H2,(H,31,35)(H,33,34)/t25-,27?/m0/s1. The second kappa shape index (κ2) is 11.8. The maximum absolute atomic E-state index is 13.4. The quantitative estimate of drug-likeness (QED) is 0.243. The van der Waals surface area contributed by atoms with Gasteiger partial charge < -0.3 is 19.9 Å². The zero-order chi connectivity index (χ0) is 29.0. The van der Waals surface area contributed by atoms with E-state index in [4.69, 9.17) is 14.6 Å². The summed E-state index contributed by atoms with van der Waals surface area (Å²) in [7, 11) is -4.14. The molecule has 1 amide bonds. The molecule has 1 aliphatic rings. The molecule has 1 unspecified atom stereocenters. The van der Waals surface area contributed by atoms with Crippen molar-refractivity contribution in [2.45, 2.75) is 36.5 Å². The minimum atomic E-state index is -4.14. The van der Waals surface area contributed by atoms with E-state index in [1.54, 1.807) is 54.6 Å². The molecule has 0 fully saturated rings. The van der Waals surface area contributed by atoms with Crippen LogP contribution in [0.5, 0.6) is 5.75 Å². The van der Waals surface area contributed by atoms with Crippen molar-refractivity contribution in [2.24, 2.45) is 0 Å². The van der Waals surface area contributed by atoms with Crippen LogP contribution in [0.1, 0.15) is 17.5 Å². The predicted octanol–water partition coefficient (Wildman–Crippen LogP) is 3.65. The monoisotopic (exact) mass is 574 g/mol. The molecule has 0 aromatic heterocycles. The summed E-state index contributed by atoms with van der Waals surface area (Å²) in [4.78, 5) is 36.6. The Labute approximate surface area is 236 Å². The second-order valence-electron chi connectivity index (χ2n) is 9.50. The highest BCUT2D eigenvalue weighted by Gasteiger charge is 2.31. The Morgan fingerprint density at radius 2 is 1.66 bits per heavy atom. The van der Waals surface area contributed by atoms with Crippen LogP contribution < -0.4 is 14.8 Å². The molecule has 1 aliphatic heterocycles. The van der Waals surface area contributed by atoms with Gasteiger partial charge in [0.25, 0.3) is 5.91 Å². The maximum Gasteiger partial charge on any atom is 0.324 e. The van der Waals surface area contributed by atoms with Crippen molar-refractivity contribution < 1.29 is 37.4 Å². The Hall–Kier alpha value is -4.74. The van der Waals surface area contributed by atoms with E-state index in [1.165, 1.54) is 18.2 Å². The largest absolute Gasteiger partial charge is 0.481 e. The van der Waals surface area contributed by atoms with Crippen molar-refractivity contribution in [3.8, 4) is 5.75 Å². The average Bonchev–Trinajstić information content (AvgIpc) is 2.96. The van der Waals surface area contributed by atoms with E-state index >= 15 is 0 Å². The minimum absolute atomic E-state index is 0.00682. The summed E-state index contributed by atoms with van der Waals surface area (Å²) in [6, 6.07) is 24.4. The summed E-state index contributed by atoms with van der Waals surface area (Å²) in [6.07, 6.45) is -1.78. The highest BCUT2D eigenvalue weighted by atomic mass is 32.2. The first-order valence-electron chi connectivity index (χ1n) is 12.7. The lowest BCUT2D eigenvalue weighted by Crippen LogP contribution is -2.43. The van der Waals surface area contributed by atoms with Gasteiger partial charge in [0, 0.05) is 0 Å². The molecular formula is C30H26N2O8S. The van der Waals surface area contributed by atoms with Gasteiger partial charge >= 0.3 is 11.9 Å². The molecule has 0 radical (unpaired) electrons. The Bertz CT molecular complexity index is 1720. The van der Waals surface area contributed by atoms with Crippen LogP contribution in [0.15, 0.2) is 95.9 Å². The molecule has 0 spiro atoms. The van der Waals surface area contributed by atoms with Crippen molar-refractivity contribution in [1.29, 1.82) is 0 Å². The first-order valence-corrected chi connectivity index (χ1v) is 14.2. The van der Waals surface area contributed by atoms with Gasteiger partial charge in [0.1, 0.15) is 18.4 Å². The van der Waals surface area contributed by atoms with Gasteiger partial charge in [-0.05, 0) is 52.6 Å². The molecule has 1 heterocycles. The number of benzene rings is 4. The van der Waals surface area contributed by atoms with E-state index in [2.05, 4.69) is 10.0 Å². The third kappa shape index (κ3) is 6.71. The Morgan fingerprint density at radius 1 is 0.927 bits per heavy atom. The summed E-state index contributed by atoms with van der Waals surface area (Å²) in [5.41, 5.74) is 1.52. The van der Waals surface area contributed by atoms with Crippen LogP contribution in [0.25, 0.3) is 10.8 Å². The van der Waals surface area contributed by atoms with Crippen molar-refractivity contribution in [3.63, 3.8) is 0 Å². The molecule has 11 heteroatoms. The third-order valence-corrected chi connectivity index (χ3v) is 7.97. The lowest BCUT2D eigenvalue weighted by Gasteiger charge is -2.25. The molecule has 0 saturated carbocycles. The van der Waals surface area contributed by atoms with Crippen molar-refractivity contribution in [2.75, 3.05) is 5.32 Å². The molecule has 5 rings (SSSR count). The van der Waals surface area contributed by atoms with Gasteiger partial charge in [0.2, 0.25) is 10.0 Å². The number of carboxylic acids is 1. The topological polar surface area (TPSA) is 148 Å². The zero-order valence-corrected chi connectivity index (χ0v) is 22.5. The molecule has 4 aromatic rings. The van der Waals surface area contributed by atoms with E-state index in [9.17, 15) is 22.8 Å².